The zero-order valence-corrected chi connectivity index (χ0v) is 10.2. The maximum Gasteiger partial charge on any atom is 0.228 e. The predicted octanol–water partition coefficient (Wildman–Crippen LogP) is 1.81. The minimum atomic E-state index is 0.0252. The molecule has 0 atom stereocenters. The van der Waals surface area contributed by atoms with Crippen LogP contribution < -0.4 is 5.32 Å². The van der Waals surface area contributed by atoms with Crippen LogP contribution in [0, 0.1) is 11.8 Å². The molecule has 1 aliphatic rings. The second-order valence-electron chi connectivity index (χ2n) is 3.68. The van der Waals surface area contributed by atoms with Crippen LogP contribution in [0.2, 0.25) is 0 Å². The lowest BCUT2D eigenvalue weighted by molar-refractivity contribution is -0.115. The Balaban J connectivity index is 2.06. The highest BCUT2D eigenvalue weighted by Crippen LogP contribution is 2.23. The van der Waals surface area contributed by atoms with Gasteiger partial charge in [0.05, 0.1) is 12.2 Å². The molecule has 0 aromatic heterocycles. The lowest BCUT2D eigenvalue weighted by Crippen LogP contribution is -2.03. The number of hydrogen-bond acceptors (Lipinski definition) is 3. The monoisotopic (exact) mass is 245 g/mol. The number of carbonyl (C=O) groups excluding carboxylic acids is 2. The molecule has 3 nitrogen and oxygen atoms in total. The zero-order chi connectivity index (χ0) is 12.3. The molecule has 1 aliphatic heterocycles. The highest BCUT2D eigenvalue weighted by molar-refractivity contribution is 8.13. The maximum atomic E-state index is 11.2. The minimum absolute atomic E-state index is 0.0252. The van der Waals surface area contributed by atoms with Crippen molar-refractivity contribution in [2.75, 3.05) is 11.1 Å². The van der Waals surface area contributed by atoms with Crippen LogP contribution in [0.25, 0.3) is 0 Å². The quantitative estimate of drug-likeness (QED) is 0.768. The molecule has 17 heavy (non-hydrogen) atoms. The first-order valence-corrected chi connectivity index (χ1v) is 6.19. The van der Waals surface area contributed by atoms with Crippen LogP contribution in [-0.4, -0.2) is 16.8 Å². The summed E-state index contributed by atoms with van der Waals surface area (Å²) in [5, 5.41) is 2.85. The summed E-state index contributed by atoms with van der Waals surface area (Å²) in [6, 6.07) is 5.67. The minimum Gasteiger partial charge on any atom is -0.325 e. The van der Waals surface area contributed by atoms with Crippen molar-refractivity contribution in [3.8, 4) is 11.8 Å². The van der Waals surface area contributed by atoms with Gasteiger partial charge in [-0.05, 0) is 17.7 Å². The number of nitrogens with one attached hydrogen (secondary N) is 1. The van der Waals surface area contributed by atoms with Crippen molar-refractivity contribution in [2.45, 2.75) is 13.3 Å². The summed E-state index contributed by atoms with van der Waals surface area (Å²) in [6.07, 6.45) is 0.448. The molecule has 1 aromatic rings. The third kappa shape index (κ3) is 3.11. The molecule has 0 saturated heterocycles. The smallest absolute Gasteiger partial charge is 0.228 e. The lowest BCUT2D eigenvalue weighted by Gasteiger charge is -1.98. The van der Waals surface area contributed by atoms with Crippen molar-refractivity contribution in [1.82, 2.24) is 0 Å². The van der Waals surface area contributed by atoms with Crippen molar-refractivity contribution >= 4 is 28.5 Å². The maximum absolute atomic E-state index is 11.2. The number of thioether (sulfide) groups is 1. The number of fused-ring (bicyclic) bond motifs is 1. The van der Waals surface area contributed by atoms with E-state index in [0.717, 1.165) is 16.8 Å². The van der Waals surface area contributed by atoms with E-state index in [1.807, 2.05) is 18.2 Å². The molecular weight excluding hydrogens is 234 g/mol. The van der Waals surface area contributed by atoms with Crippen molar-refractivity contribution in [3.05, 3.63) is 29.3 Å². The van der Waals surface area contributed by atoms with Crippen LogP contribution in [-0.2, 0) is 16.0 Å². The van der Waals surface area contributed by atoms with Crippen LogP contribution >= 0.6 is 11.8 Å². The summed E-state index contributed by atoms with van der Waals surface area (Å²) in [5.74, 6) is 6.41. The molecule has 0 radical (unpaired) electrons. The molecule has 0 bridgehead atoms. The molecule has 2 rings (SSSR count). The Morgan fingerprint density at radius 2 is 2.35 bits per heavy atom. The fourth-order valence-corrected chi connectivity index (χ4v) is 1.92. The Kier molecular flexibility index (Phi) is 3.50. The molecule has 0 aliphatic carbocycles. The van der Waals surface area contributed by atoms with Crippen LogP contribution in [0.15, 0.2) is 18.2 Å². The Morgan fingerprint density at radius 3 is 3.12 bits per heavy atom. The Labute approximate surface area is 104 Å². The molecule has 0 fully saturated rings. The average molecular weight is 245 g/mol. The van der Waals surface area contributed by atoms with Crippen LogP contribution in [0.1, 0.15) is 18.1 Å². The fourth-order valence-electron chi connectivity index (χ4n) is 1.57. The summed E-state index contributed by atoms with van der Waals surface area (Å²) in [4.78, 5) is 21.9. The molecule has 0 spiro atoms. The van der Waals surface area contributed by atoms with Gasteiger partial charge in [-0.2, -0.15) is 0 Å². The van der Waals surface area contributed by atoms with Gasteiger partial charge in [-0.3, -0.25) is 9.59 Å². The number of carbonyl (C=O) groups is 2. The van der Waals surface area contributed by atoms with E-state index in [1.165, 1.54) is 18.7 Å². The van der Waals surface area contributed by atoms with E-state index in [4.69, 9.17) is 0 Å². The van der Waals surface area contributed by atoms with Crippen molar-refractivity contribution in [3.63, 3.8) is 0 Å². The molecule has 0 saturated carbocycles. The molecule has 1 N–H and O–H groups in total. The third-order valence-corrected chi connectivity index (χ3v) is 3.01. The van der Waals surface area contributed by atoms with Crippen LogP contribution in [0.5, 0.6) is 0 Å². The molecule has 1 heterocycles. The van der Waals surface area contributed by atoms with Gasteiger partial charge < -0.3 is 5.32 Å². The van der Waals surface area contributed by atoms with E-state index in [2.05, 4.69) is 17.2 Å². The van der Waals surface area contributed by atoms with E-state index in [0.29, 0.717) is 12.2 Å². The average Bonchev–Trinajstić information content (AvgIpc) is 2.63. The number of hydrogen-bond donors (Lipinski definition) is 1. The predicted molar refractivity (Wildman–Crippen MR) is 68.8 cm³/mol. The molecule has 0 unspecified atom stereocenters. The van der Waals surface area contributed by atoms with Gasteiger partial charge in [-0.15, -0.1) is 0 Å². The largest absolute Gasteiger partial charge is 0.325 e. The lowest BCUT2D eigenvalue weighted by atomic mass is 10.1. The summed E-state index contributed by atoms with van der Waals surface area (Å²) in [6.45, 7) is 1.53. The second kappa shape index (κ2) is 5.07. The first-order valence-electron chi connectivity index (χ1n) is 5.20. The number of rotatable bonds is 1. The first-order chi connectivity index (χ1) is 8.15. The number of amides is 1. The topological polar surface area (TPSA) is 46.2 Å². The Hall–Kier alpha value is -1.73. The first kappa shape index (κ1) is 11.7. The highest BCUT2D eigenvalue weighted by Gasteiger charge is 2.16. The molecule has 4 heteroatoms. The van der Waals surface area contributed by atoms with Crippen molar-refractivity contribution in [1.29, 1.82) is 0 Å². The van der Waals surface area contributed by atoms with Crippen molar-refractivity contribution in [2.24, 2.45) is 0 Å². The fraction of sp³-hybridized carbons (Fsp3) is 0.231. The summed E-state index contributed by atoms with van der Waals surface area (Å²) >= 11 is 1.19. The highest BCUT2D eigenvalue weighted by atomic mass is 32.2. The van der Waals surface area contributed by atoms with Gasteiger partial charge in [-0.1, -0.05) is 29.7 Å². The number of benzene rings is 1. The van der Waals surface area contributed by atoms with E-state index in [-0.39, 0.29) is 11.0 Å². The SMILES string of the molecule is CC(=O)SCC#Cc1ccc2c(c1)NC(=O)C2. The van der Waals surface area contributed by atoms with Crippen molar-refractivity contribution < 1.29 is 9.59 Å². The van der Waals surface area contributed by atoms with E-state index in [9.17, 15) is 9.59 Å². The molecule has 1 aromatic carbocycles. The van der Waals surface area contributed by atoms with Gasteiger partial charge in [0, 0.05) is 18.2 Å². The molecular formula is C13H11NO2S. The van der Waals surface area contributed by atoms with E-state index < -0.39 is 0 Å². The number of anilines is 1. The van der Waals surface area contributed by atoms with Crippen LogP contribution in [0.4, 0.5) is 5.69 Å². The van der Waals surface area contributed by atoms with Crippen LogP contribution in [0.3, 0.4) is 0 Å². The van der Waals surface area contributed by atoms with Gasteiger partial charge in [0.1, 0.15) is 0 Å². The summed E-state index contributed by atoms with van der Waals surface area (Å²) in [5.41, 5.74) is 2.72. The Bertz CT molecular complexity index is 540. The van der Waals surface area contributed by atoms with Gasteiger partial charge in [0.2, 0.25) is 5.91 Å². The zero-order valence-electron chi connectivity index (χ0n) is 9.37. The van der Waals surface area contributed by atoms with Gasteiger partial charge in [0.25, 0.3) is 0 Å². The molecule has 1 amide bonds. The van der Waals surface area contributed by atoms with E-state index in [1.54, 1.807) is 0 Å². The van der Waals surface area contributed by atoms with Gasteiger partial charge in [0.15, 0.2) is 5.12 Å². The second-order valence-corrected chi connectivity index (χ2v) is 4.83. The van der Waals surface area contributed by atoms with E-state index >= 15 is 0 Å². The van der Waals surface area contributed by atoms with Gasteiger partial charge >= 0.3 is 0 Å². The third-order valence-electron chi connectivity index (χ3n) is 2.32. The van der Waals surface area contributed by atoms with Gasteiger partial charge in [-0.25, -0.2) is 0 Å². The normalized spacial score (nSPS) is 12.4. The summed E-state index contributed by atoms with van der Waals surface area (Å²) in [7, 11) is 0. The summed E-state index contributed by atoms with van der Waals surface area (Å²) < 4.78 is 0. The standard InChI is InChI=1S/C13H11NO2S/c1-9(15)17-6-2-3-10-4-5-11-8-13(16)14-12(11)7-10/h4-5,7H,6,8H2,1H3,(H,14,16). The molecule has 86 valence electrons. The Morgan fingerprint density at radius 1 is 1.53 bits per heavy atom.